The number of carbonyl (C=O) groups excluding carboxylic acids is 2. The van der Waals surface area contributed by atoms with Crippen molar-refractivity contribution in [2.75, 3.05) is 55.9 Å². The van der Waals surface area contributed by atoms with Crippen molar-refractivity contribution in [2.45, 2.75) is 97.3 Å². The Bertz CT molecular complexity index is 1250. The number of nitrogens with zero attached hydrogens (tertiary/aromatic N) is 3. The molecule has 2 aliphatic rings. The van der Waals surface area contributed by atoms with E-state index in [0.29, 0.717) is 29.5 Å². The van der Waals surface area contributed by atoms with Crippen LogP contribution < -0.4 is 14.5 Å². The second-order valence-electron chi connectivity index (χ2n) is 12.7. The molecule has 1 atom stereocenters. The van der Waals surface area contributed by atoms with E-state index in [-0.39, 0.29) is 24.5 Å². The van der Waals surface area contributed by atoms with Gasteiger partial charge in [0.2, 0.25) is 5.91 Å². The highest BCUT2D eigenvalue weighted by atomic mass is 35.5. The van der Waals surface area contributed by atoms with Gasteiger partial charge in [-0.25, -0.2) is 0 Å². The SMILES string of the molecule is CCCCCCCCCC(CC)C(=O)OCN1C(=O)CCc2ccc(OCCCCN3CCN(c4cccc(Cl)c4Cl)CC3)cc21. The normalized spacial score (nSPS) is 16.0. The van der Waals surface area contributed by atoms with Crippen molar-refractivity contribution >= 4 is 46.5 Å². The molecule has 0 radical (unpaired) electrons. The van der Waals surface area contributed by atoms with Gasteiger partial charge in [-0.3, -0.25) is 19.4 Å². The third-order valence-electron chi connectivity index (χ3n) is 9.36. The van der Waals surface area contributed by atoms with E-state index in [4.69, 9.17) is 32.7 Å². The van der Waals surface area contributed by atoms with Crippen LogP contribution >= 0.6 is 23.2 Å². The Labute approximate surface area is 286 Å². The maximum absolute atomic E-state index is 12.9. The quantitative estimate of drug-likeness (QED) is 0.110. The molecular weight excluding hydrogens is 621 g/mol. The van der Waals surface area contributed by atoms with Gasteiger partial charge in [0.25, 0.3) is 0 Å². The summed E-state index contributed by atoms with van der Waals surface area (Å²) in [6, 6.07) is 11.7. The molecule has 0 N–H and O–H groups in total. The zero-order chi connectivity index (χ0) is 32.7. The van der Waals surface area contributed by atoms with Gasteiger partial charge >= 0.3 is 5.97 Å². The van der Waals surface area contributed by atoms with Crippen LogP contribution in [0.5, 0.6) is 5.75 Å². The zero-order valence-corrected chi connectivity index (χ0v) is 29.4. The summed E-state index contributed by atoms with van der Waals surface area (Å²) in [7, 11) is 0. The van der Waals surface area contributed by atoms with Crippen molar-refractivity contribution in [3.63, 3.8) is 0 Å². The van der Waals surface area contributed by atoms with Gasteiger partial charge in [-0.15, -0.1) is 0 Å². The van der Waals surface area contributed by atoms with E-state index in [0.717, 1.165) is 93.9 Å². The summed E-state index contributed by atoms with van der Waals surface area (Å²) in [6.45, 7) is 9.68. The molecule has 1 fully saturated rings. The Morgan fingerprint density at radius 3 is 2.39 bits per heavy atom. The maximum Gasteiger partial charge on any atom is 0.310 e. The summed E-state index contributed by atoms with van der Waals surface area (Å²) in [4.78, 5) is 32.2. The fraction of sp³-hybridized carbons (Fsp3) is 0.622. The molecule has 2 aromatic carbocycles. The molecule has 7 nitrogen and oxygen atoms in total. The van der Waals surface area contributed by atoms with Gasteiger partial charge in [0, 0.05) is 38.7 Å². The summed E-state index contributed by atoms with van der Waals surface area (Å²) in [5, 5.41) is 1.22. The van der Waals surface area contributed by atoms with Crippen LogP contribution in [0.3, 0.4) is 0 Å². The predicted molar refractivity (Wildman–Crippen MR) is 189 cm³/mol. The second kappa shape index (κ2) is 19.4. The van der Waals surface area contributed by atoms with E-state index in [9.17, 15) is 9.59 Å². The number of esters is 1. The number of amides is 1. The number of aryl methyl sites for hydroxylation is 1. The minimum absolute atomic E-state index is 0.0182. The van der Waals surface area contributed by atoms with Gasteiger partial charge in [-0.05, 0) is 62.4 Å². The number of unbranched alkanes of at least 4 members (excludes halogenated alkanes) is 7. The summed E-state index contributed by atoms with van der Waals surface area (Å²) >= 11 is 12.6. The molecule has 0 bridgehead atoms. The third kappa shape index (κ3) is 10.8. The highest BCUT2D eigenvalue weighted by Gasteiger charge is 2.27. The minimum atomic E-state index is -0.199. The Morgan fingerprint density at radius 1 is 0.870 bits per heavy atom. The number of halogens is 2. The van der Waals surface area contributed by atoms with Gasteiger partial charge in [0.05, 0.1) is 33.9 Å². The van der Waals surface area contributed by atoms with E-state index in [1.807, 2.05) is 43.3 Å². The fourth-order valence-corrected chi connectivity index (χ4v) is 6.82. The van der Waals surface area contributed by atoms with Crippen molar-refractivity contribution in [2.24, 2.45) is 5.92 Å². The molecule has 4 rings (SSSR count). The number of hydrogen-bond acceptors (Lipinski definition) is 6. The molecule has 1 saturated heterocycles. The Kier molecular flexibility index (Phi) is 15.3. The zero-order valence-electron chi connectivity index (χ0n) is 27.9. The van der Waals surface area contributed by atoms with E-state index < -0.39 is 0 Å². The summed E-state index contributed by atoms with van der Waals surface area (Å²) in [5.41, 5.74) is 2.88. The molecular formula is C37H53Cl2N3O4. The monoisotopic (exact) mass is 673 g/mol. The highest BCUT2D eigenvalue weighted by Crippen LogP contribution is 2.34. The average Bonchev–Trinajstić information content (AvgIpc) is 3.07. The topological polar surface area (TPSA) is 62.3 Å². The van der Waals surface area contributed by atoms with Crippen LogP contribution in [0.15, 0.2) is 36.4 Å². The molecule has 0 spiro atoms. The smallest absolute Gasteiger partial charge is 0.310 e. The van der Waals surface area contributed by atoms with Crippen molar-refractivity contribution < 1.29 is 19.1 Å². The Morgan fingerprint density at radius 2 is 1.63 bits per heavy atom. The maximum atomic E-state index is 12.9. The van der Waals surface area contributed by atoms with Crippen molar-refractivity contribution in [1.29, 1.82) is 0 Å². The van der Waals surface area contributed by atoms with Crippen LogP contribution in [0.2, 0.25) is 10.0 Å². The summed E-state index contributed by atoms with van der Waals surface area (Å²) < 4.78 is 11.8. The lowest BCUT2D eigenvalue weighted by molar-refractivity contribution is -0.149. The lowest BCUT2D eigenvalue weighted by Crippen LogP contribution is -2.46. The third-order valence-corrected chi connectivity index (χ3v) is 10.2. The lowest BCUT2D eigenvalue weighted by Gasteiger charge is -2.36. The molecule has 2 heterocycles. The Hall–Kier alpha value is -2.48. The summed E-state index contributed by atoms with van der Waals surface area (Å²) in [6.07, 6.45) is 13.3. The number of hydrogen-bond donors (Lipinski definition) is 0. The molecule has 9 heteroatoms. The molecule has 0 aromatic heterocycles. The first-order valence-corrected chi connectivity index (χ1v) is 18.3. The highest BCUT2D eigenvalue weighted by molar-refractivity contribution is 6.43. The van der Waals surface area contributed by atoms with E-state index in [2.05, 4.69) is 16.7 Å². The number of anilines is 2. The van der Waals surface area contributed by atoms with Crippen LogP contribution in [0.4, 0.5) is 11.4 Å². The van der Waals surface area contributed by atoms with Crippen LogP contribution in [0.1, 0.15) is 96.5 Å². The van der Waals surface area contributed by atoms with E-state index >= 15 is 0 Å². The van der Waals surface area contributed by atoms with Gasteiger partial charge in [0.1, 0.15) is 5.75 Å². The van der Waals surface area contributed by atoms with Crippen LogP contribution in [0.25, 0.3) is 0 Å². The van der Waals surface area contributed by atoms with Gasteiger partial charge in [-0.2, -0.15) is 0 Å². The van der Waals surface area contributed by atoms with Crippen molar-refractivity contribution in [3.05, 3.63) is 52.0 Å². The average molecular weight is 675 g/mol. The van der Waals surface area contributed by atoms with Gasteiger partial charge in [0.15, 0.2) is 6.73 Å². The fourth-order valence-electron chi connectivity index (χ4n) is 6.41. The van der Waals surface area contributed by atoms with E-state index in [1.54, 1.807) is 4.90 Å². The molecule has 1 unspecified atom stereocenters. The number of benzene rings is 2. The number of rotatable bonds is 19. The van der Waals surface area contributed by atoms with Gasteiger partial charge in [-0.1, -0.05) is 94.1 Å². The second-order valence-corrected chi connectivity index (χ2v) is 13.5. The number of fused-ring (bicyclic) bond motifs is 1. The first-order chi connectivity index (χ1) is 22.4. The Balaban J connectivity index is 1.17. The number of carbonyl (C=O) groups is 2. The largest absolute Gasteiger partial charge is 0.494 e. The first kappa shape index (κ1) is 36.4. The van der Waals surface area contributed by atoms with Gasteiger partial charge < -0.3 is 14.4 Å². The molecule has 0 saturated carbocycles. The van der Waals surface area contributed by atoms with Crippen LogP contribution in [-0.4, -0.2) is 62.8 Å². The van der Waals surface area contributed by atoms with Crippen LogP contribution in [0, 0.1) is 5.92 Å². The number of piperazine rings is 1. The van der Waals surface area contributed by atoms with Crippen LogP contribution in [-0.2, 0) is 20.7 Å². The number of ether oxygens (including phenoxy) is 2. The molecule has 2 aromatic rings. The molecule has 2 aliphatic heterocycles. The molecule has 46 heavy (non-hydrogen) atoms. The molecule has 1 amide bonds. The van der Waals surface area contributed by atoms with Crippen molar-refractivity contribution in [3.8, 4) is 5.75 Å². The predicted octanol–water partition coefficient (Wildman–Crippen LogP) is 8.92. The standard InChI is InChI=1S/C37H53Cl2N3O4/c1-3-5-6-7-8-9-10-14-29(4-2)37(44)46-28-42-34-27-31(19-17-30(34)18-20-35(42)43)45-26-12-11-21-40-22-24-41(25-23-40)33-16-13-15-32(38)36(33)39/h13,15-17,19,27,29H,3-12,14,18,20-26,28H2,1-2H3. The first-order valence-electron chi connectivity index (χ1n) is 17.5. The minimum Gasteiger partial charge on any atom is -0.494 e. The lowest BCUT2D eigenvalue weighted by atomic mass is 9.98. The summed E-state index contributed by atoms with van der Waals surface area (Å²) in [5.74, 6) is 0.406. The van der Waals surface area contributed by atoms with Crippen molar-refractivity contribution in [1.82, 2.24) is 4.90 Å². The van der Waals surface area contributed by atoms with E-state index in [1.165, 1.54) is 32.1 Å². The molecule has 0 aliphatic carbocycles. The molecule has 254 valence electrons.